The Balaban J connectivity index is 1.77. The molecule has 5 heteroatoms. The molecular formula is C12H22N4S. The molecule has 0 amide bonds. The standard InChI is InChI=1S/C12H22N4S/c13-4-1-2-6-15-7-3-8-16(10-9-15)12-14-5-11-17-12/h5,11H,1-4,6-10,13H2. The zero-order chi connectivity index (χ0) is 11.9. The van der Waals surface area contributed by atoms with E-state index in [1.54, 1.807) is 11.3 Å². The molecule has 1 aliphatic rings. The average Bonchev–Trinajstić information content (AvgIpc) is 2.77. The van der Waals surface area contributed by atoms with Crippen molar-refractivity contribution in [1.29, 1.82) is 0 Å². The fraction of sp³-hybridized carbons (Fsp3) is 0.750. The van der Waals surface area contributed by atoms with Gasteiger partial charge in [0.2, 0.25) is 0 Å². The van der Waals surface area contributed by atoms with E-state index < -0.39 is 0 Å². The Morgan fingerprint density at radius 1 is 1.24 bits per heavy atom. The highest BCUT2D eigenvalue weighted by Gasteiger charge is 2.15. The van der Waals surface area contributed by atoms with E-state index in [-0.39, 0.29) is 0 Å². The number of aromatic nitrogens is 1. The van der Waals surface area contributed by atoms with Crippen LogP contribution in [0.15, 0.2) is 11.6 Å². The van der Waals surface area contributed by atoms with Crippen LogP contribution in [0.3, 0.4) is 0 Å². The summed E-state index contributed by atoms with van der Waals surface area (Å²) in [6.45, 7) is 6.63. The van der Waals surface area contributed by atoms with E-state index in [0.29, 0.717) is 0 Å². The Bertz CT molecular complexity index is 301. The molecule has 96 valence electrons. The van der Waals surface area contributed by atoms with Crippen molar-refractivity contribution < 1.29 is 0 Å². The third-order valence-electron chi connectivity index (χ3n) is 3.21. The summed E-state index contributed by atoms with van der Waals surface area (Å²) in [6.07, 6.45) is 5.51. The molecule has 0 saturated carbocycles. The van der Waals surface area contributed by atoms with Gasteiger partial charge in [-0.1, -0.05) is 0 Å². The molecule has 1 saturated heterocycles. The van der Waals surface area contributed by atoms with Crippen LogP contribution in [0.1, 0.15) is 19.3 Å². The zero-order valence-corrected chi connectivity index (χ0v) is 11.2. The van der Waals surface area contributed by atoms with Gasteiger partial charge in [0.25, 0.3) is 0 Å². The van der Waals surface area contributed by atoms with E-state index in [2.05, 4.69) is 20.2 Å². The molecule has 0 aromatic carbocycles. The van der Waals surface area contributed by atoms with Crippen molar-refractivity contribution in [1.82, 2.24) is 9.88 Å². The maximum atomic E-state index is 5.53. The van der Waals surface area contributed by atoms with Gasteiger partial charge in [-0.05, 0) is 38.9 Å². The summed E-state index contributed by atoms with van der Waals surface area (Å²) in [7, 11) is 0. The van der Waals surface area contributed by atoms with Gasteiger partial charge in [-0.2, -0.15) is 0 Å². The predicted molar refractivity (Wildman–Crippen MR) is 73.7 cm³/mol. The summed E-state index contributed by atoms with van der Waals surface area (Å²) in [6, 6.07) is 0. The highest BCUT2D eigenvalue weighted by atomic mass is 32.1. The molecule has 0 radical (unpaired) electrons. The van der Waals surface area contributed by atoms with Crippen LogP contribution in [0.25, 0.3) is 0 Å². The molecule has 0 bridgehead atoms. The Morgan fingerprint density at radius 3 is 2.94 bits per heavy atom. The zero-order valence-electron chi connectivity index (χ0n) is 10.3. The van der Waals surface area contributed by atoms with Crippen LogP contribution in [0, 0.1) is 0 Å². The molecule has 0 spiro atoms. The van der Waals surface area contributed by atoms with Gasteiger partial charge in [0.05, 0.1) is 0 Å². The van der Waals surface area contributed by atoms with E-state index in [1.165, 1.54) is 31.1 Å². The Labute approximate surface area is 107 Å². The Morgan fingerprint density at radius 2 is 2.18 bits per heavy atom. The molecule has 1 aliphatic heterocycles. The number of hydrogen-bond donors (Lipinski definition) is 1. The Kier molecular flexibility index (Phi) is 5.22. The Hall–Kier alpha value is -0.650. The van der Waals surface area contributed by atoms with Gasteiger partial charge in [0, 0.05) is 31.2 Å². The monoisotopic (exact) mass is 254 g/mol. The summed E-state index contributed by atoms with van der Waals surface area (Å²) in [4.78, 5) is 9.36. The number of nitrogens with zero attached hydrogens (tertiary/aromatic N) is 3. The normalized spacial score (nSPS) is 18.3. The first-order valence-electron chi connectivity index (χ1n) is 6.47. The van der Waals surface area contributed by atoms with Crippen molar-refractivity contribution in [3.63, 3.8) is 0 Å². The van der Waals surface area contributed by atoms with Crippen molar-refractivity contribution in [3.05, 3.63) is 11.6 Å². The van der Waals surface area contributed by atoms with Crippen LogP contribution in [-0.2, 0) is 0 Å². The highest BCUT2D eigenvalue weighted by Crippen LogP contribution is 2.18. The van der Waals surface area contributed by atoms with Gasteiger partial charge in [0.15, 0.2) is 5.13 Å². The van der Waals surface area contributed by atoms with Gasteiger partial charge < -0.3 is 15.5 Å². The topological polar surface area (TPSA) is 45.4 Å². The van der Waals surface area contributed by atoms with Crippen molar-refractivity contribution in [2.45, 2.75) is 19.3 Å². The predicted octanol–water partition coefficient (Wildman–Crippen LogP) is 1.39. The van der Waals surface area contributed by atoms with Crippen molar-refractivity contribution in [2.75, 3.05) is 44.2 Å². The van der Waals surface area contributed by atoms with E-state index >= 15 is 0 Å². The summed E-state index contributed by atoms with van der Waals surface area (Å²) in [5.74, 6) is 0. The maximum absolute atomic E-state index is 5.53. The summed E-state index contributed by atoms with van der Waals surface area (Å²) >= 11 is 1.74. The second-order valence-corrected chi connectivity index (χ2v) is 5.37. The van der Waals surface area contributed by atoms with E-state index in [1.807, 2.05) is 6.20 Å². The molecule has 2 heterocycles. The minimum Gasteiger partial charge on any atom is -0.347 e. The van der Waals surface area contributed by atoms with Gasteiger partial charge in [-0.15, -0.1) is 11.3 Å². The first-order valence-corrected chi connectivity index (χ1v) is 7.35. The fourth-order valence-electron chi connectivity index (χ4n) is 2.24. The van der Waals surface area contributed by atoms with Crippen LogP contribution < -0.4 is 10.6 Å². The SMILES string of the molecule is NCCCCN1CCCN(c2nccs2)CC1. The minimum atomic E-state index is 0.819. The highest BCUT2D eigenvalue weighted by molar-refractivity contribution is 7.13. The van der Waals surface area contributed by atoms with Crippen LogP contribution in [0.4, 0.5) is 5.13 Å². The number of unbranched alkanes of at least 4 members (excludes halogenated alkanes) is 1. The lowest BCUT2D eigenvalue weighted by Crippen LogP contribution is -2.31. The van der Waals surface area contributed by atoms with Crippen molar-refractivity contribution in [3.8, 4) is 0 Å². The smallest absolute Gasteiger partial charge is 0.185 e. The van der Waals surface area contributed by atoms with Gasteiger partial charge >= 0.3 is 0 Å². The van der Waals surface area contributed by atoms with Crippen LogP contribution >= 0.6 is 11.3 Å². The van der Waals surface area contributed by atoms with Crippen LogP contribution in [-0.4, -0.2) is 49.2 Å². The van der Waals surface area contributed by atoms with Gasteiger partial charge in [-0.3, -0.25) is 0 Å². The third-order valence-corrected chi connectivity index (χ3v) is 4.04. The molecule has 1 aromatic rings. The first-order chi connectivity index (χ1) is 8.40. The van der Waals surface area contributed by atoms with Gasteiger partial charge in [0.1, 0.15) is 0 Å². The largest absolute Gasteiger partial charge is 0.347 e. The molecule has 17 heavy (non-hydrogen) atoms. The number of rotatable bonds is 5. The van der Waals surface area contributed by atoms with Crippen LogP contribution in [0.2, 0.25) is 0 Å². The average molecular weight is 254 g/mol. The molecule has 0 unspecified atom stereocenters. The molecule has 0 aliphatic carbocycles. The number of nitrogens with two attached hydrogens (primary N) is 1. The second-order valence-electron chi connectivity index (χ2n) is 4.49. The molecule has 0 atom stereocenters. The molecular weight excluding hydrogens is 232 g/mol. The molecule has 2 rings (SSSR count). The van der Waals surface area contributed by atoms with Crippen molar-refractivity contribution >= 4 is 16.5 Å². The molecule has 1 aromatic heterocycles. The molecule has 1 fully saturated rings. The molecule has 2 N–H and O–H groups in total. The third kappa shape index (κ3) is 3.94. The summed E-state index contributed by atoms with van der Waals surface area (Å²) in [5.41, 5.74) is 5.53. The van der Waals surface area contributed by atoms with E-state index in [4.69, 9.17) is 5.73 Å². The van der Waals surface area contributed by atoms with Gasteiger partial charge in [-0.25, -0.2) is 4.98 Å². The van der Waals surface area contributed by atoms with Crippen LogP contribution in [0.5, 0.6) is 0 Å². The number of anilines is 1. The lowest BCUT2D eigenvalue weighted by molar-refractivity contribution is 0.288. The first kappa shape index (κ1) is 12.8. The fourth-order valence-corrected chi connectivity index (χ4v) is 2.93. The maximum Gasteiger partial charge on any atom is 0.185 e. The summed E-state index contributed by atoms with van der Waals surface area (Å²) < 4.78 is 0. The number of thiazole rings is 1. The minimum absolute atomic E-state index is 0.819. The quantitative estimate of drug-likeness (QED) is 0.807. The lowest BCUT2D eigenvalue weighted by Gasteiger charge is -2.21. The lowest BCUT2D eigenvalue weighted by atomic mass is 10.3. The van der Waals surface area contributed by atoms with E-state index in [0.717, 1.165) is 32.6 Å². The molecule has 4 nitrogen and oxygen atoms in total. The van der Waals surface area contributed by atoms with E-state index in [9.17, 15) is 0 Å². The second kappa shape index (κ2) is 6.93. The van der Waals surface area contributed by atoms with Crippen molar-refractivity contribution in [2.24, 2.45) is 5.73 Å². The number of hydrogen-bond acceptors (Lipinski definition) is 5. The summed E-state index contributed by atoms with van der Waals surface area (Å²) in [5, 5.41) is 3.23.